The van der Waals surface area contributed by atoms with Crippen molar-refractivity contribution in [3.63, 3.8) is 0 Å². The first-order valence-electron chi connectivity index (χ1n) is 11.2. The zero-order valence-corrected chi connectivity index (χ0v) is 18.8. The number of carbonyl (C=O) groups is 1. The summed E-state index contributed by atoms with van der Waals surface area (Å²) in [5.74, 6) is 1.26. The average molecular weight is 430 g/mol. The highest BCUT2D eigenvalue weighted by atomic mass is 16.5. The van der Waals surface area contributed by atoms with Gasteiger partial charge in [0.2, 0.25) is 5.91 Å². The number of ether oxygens (including phenoxy) is 2. The van der Waals surface area contributed by atoms with E-state index in [4.69, 9.17) is 9.47 Å². The van der Waals surface area contributed by atoms with E-state index in [1.54, 1.807) is 12.2 Å². The van der Waals surface area contributed by atoms with E-state index in [9.17, 15) is 4.79 Å². The molecule has 0 spiro atoms. The Kier molecular flexibility index (Phi) is 8.93. The molecule has 0 unspecified atom stereocenters. The molecular weight excluding hydrogens is 398 g/mol. The number of rotatable bonds is 11. The Balaban J connectivity index is 1.73. The molecule has 0 atom stereocenters. The first kappa shape index (κ1) is 23.1. The van der Waals surface area contributed by atoms with Crippen LogP contribution in [0, 0.1) is 0 Å². The minimum Gasteiger partial charge on any atom is -0.490 e. The van der Waals surface area contributed by atoms with Gasteiger partial charge < -0.3 is 14.8 Å². The van der Waals surface area contributed by atoms with Crippen molar-refractivity contribution < 1.29 is 14.3 Å². The van der Waals surface area contributed by atoms with Gasteiger partial charge >= 0.3 is 0 Å². The molecule has 3 rings (SSSR count). The number of benzene rings is 3. The molecule has 1 amide bonds. The monoisotopic (exact) mass is 429 g/mol. The summed E-state index contributed by atoms with van der Waals surface area (Å²) in [7, 11) is 0. The van der Waals surface area contributed by atoms with Gasteiger partial charge in [-0.05, 0) is 48.2 Å². The molecule has 0 fully saturated rings. The van der Waals surface area contributed by atoms with Gasteiger partial charge in [-0.25, -0.2) is 0 Å². The molecule has 0 radical (unpaired) electrons. The van der Waals surface area contributed by atoms with E-state index >= 15 is 0 Å². The third-order valence-electron chi connectivity index (χ3n) is 5.00. The highest BCUT2D eigenvalue weighted by Crippen LogP contribution is 2.29. The minimum atomic E-state index is -0.220. The van der Waals surface area contributed by atoms with Gasteiger partial charge in [0.05, 0.1) is 19.3 Å². The quantitative estimate of drug-likeness (QED) is 0.292. The second-order valence-corrected chi connectivity index (χ2v) is 7.44. The van der Waals surface area contributed by atoms with E-state index in [2.05, 4.69) is 12.2 Å². The lowest BCUT2D eigenvalue weighted by Gasteiger charge is -2.19. The fourth-order valence-corrected chi connectivity index (χ4v) is 3.35. The molecule has 0 aliphatic rings. The second-order valence-electron chi connectivity index (χ2n) is 7.44. The highest BCUT2D eigenvalue weighted by molar-refractivity contribution is 5.92. The molecule has 0 aliphatic heterocycles. The molecule has 0 saturated heterocycles. The molecule has 3 aromatic rings. The topological polar surface area (TPSA) is 47.6 Å². The Labute approximate surface area is 190 Å². The number of hydrogen-bond donors (Lipinski definition) is 1. The summed E-state index contributed by atoms with van der Waals surface area (Å²) < 4.78 is 11.6. The summed E-state index contributed by atoms with van der Waals surface area (Å²) in [6.07, 6.45) is 5.42. The SMILES string of the molecule is CCCCOc1ccc(/C=C/C(=O)NC(c2ccccc2)c2ccccc2)cc1OCC. The molecule has 3 aromatic carbocycles. The number of nitrogens with one attached hydrogen (secondary N) is 1. The van der Waals surface area contributed by atoms with E-state index in [-0.39, 0.29) is 11.9 Å². The molecule has 166 valence electrons. The van der Waals surface area contributed by atoms with Crippen molar-refractivity contribution in [3.8, 4) is 11.5 Å². The van der Waals surface area contributed by atoms with E-state index in [0.717, 1.165) is 35.3 Å². The lowest BCUT2D eigenvalue weighted by Crippen LogP contribution is -2.27. The maximum Gasteiger partial charge on any atom is 0.244 e. The standard InChI is InChI=1S/C28H31NO3/c1-3-5-20-32-25-18-16-22(21-26(25)31-4-2)17-19-27(30)29-28(23-12-8-6-9-13-23)24-14-10-7-11-15-24/h6-19,21,28H,3-5,20H2,1-2H3,(H,29,30)/b19-17+. The van der Waals surface area contributed by atoms with Crippen LogP contribution in [0.2, 0.25) is 0 Å². The Bertz CT molecular complexity index is 960. The smallest absolute Gasteiger partial charge is 0.244 e. The van der Waals surface area contributed by atoms with Crippen molar-refractivity contribution in [1.82, 2.24) is 5.32 Å². The van der Waals surface area contributed by atoms with Crippen LogP contribution in [0.3, 0.4) is 0 Å². The molecular formula is C28H31NO3. The summed E-state index contributed by atoms with van der Waals surface area (Å²) in [4.78, 5) is 12.8. The van der Waals surface area contributed by atoms with E-state index < -0.39 is 0 Å². The van der Waals surface area contributed by atoms with Crippen LogP contribution in [0.15, 0.2) is 84.9 Å². The van der Waals surface area contributed by atoms with Gasteiger partial charge in [0.1, 0.15) is 0 Å². The van der Waals surface area contributed by atoms with E-state index in [0.29, 0.717) is 19.0 Å². The van der Waals surface area contributed by atoms with Crippen LogP contribution in [0.4, 0.5) is 0 Å². The van der Waals surface area contributed by atoms with Crippen molar-refractivity contribution in [3.05, 3.63) is 102 Å². The van der Waals surface area contributed by atoms with Gasteiger partial charge in [-0.1, -0.05) is 80.1 Å². The largest absolute Gasteiger partial charge is 0.490 e. The van der Waals surface area contributed by atoms with Crippen molar-refractivity contribution in [2.24, 2.45) is 0 Å². The molecule has 4 heteroatoms. The highest BCUT2D eigenvalue weighted by Gasteiger charge is 2.15. The lowest BCUT2D eigenvalue weighted by atomic mass is 9.98. The van der Waals surface area contributed by atoms with Crippen molar-refractivity contribution in [2.75, 3.05) is 13.2 Å². The van der Waals surface area contributed by atoms with Gasteiger partial charge in [0.15, 0.2) is 11.5 Å². The third kappa shape index (κ3) is 6.74. The van der Waals surface area contributed by atoms with Crippen molar-refractivity contribution >= 4 is 12.0 Å². The summed E-state index contributed by atoms with van der Waals surface area (Å²) in [6.45, 7) is 5.28. The average Bonchev–Trinajstić information content (AvgIpc) is 2.84. The summed E-state index contributed by atoms with van der Waals surface area (Å²) in [5.41, 5.74) is 2.95. The van der Waals surface area contributed by atoms with Crippen molar-refractivity contribution in [2.45, 2.75) is 32.7 Å². The fraction of sp³-hybridized carbons (Fsp3) is 0.250. The third-order valence-corrected chi connectivity index (χ3v) is 5.00. The number of hydrogen-bond acceptors (Lipinski definition) is 3. The predicted molar refractivity (Wildman–Crippen MR) is 130 cm³/mol. The van der Waals surface area contributed by atoms with Crippen LogP contribution < -0.4 is 14.8 Å². The Morgan fingerprint density at radius 1 is 0.875 bits per heavy atom. The molecule has 32 heavy (non-hydrogen) atoms. The lowest BCUT2D eigenvalue weighted by molar-refractivity contribution is -0.116. The van der Waals surface area contributed by atoms with E-state index in [1.165, 1.54) is 0 Å². The first-order chi connectivity index (χ1) is 15.7. The van der Waals surface area contributed by atoms with Gasteiger partial charge in [0.25, 0.3) is 0 Å². The molecule has 1 N–H and O–H groups in total. The fourth-order valence-electron chi connectivity index (χ4n) is 3.35. The molecule has 0 bridgehead atoms. The zero-order chi connectivity index (χ0) is 22.6. The molecule has 0 aromatic heterocycles. The zero-order valence-electron chi connectivity index (χ0n) is 18.8. The van der Waals surface area contributed by atoms with Crippen molar-refractivity contribution in [1.29, 1.82) is 0 Å². The molecule has 4 nitrogen and oxygen atoms in total. The molecule has 0 aliphatic carbocycles. The normalized spacial score (nSPS) is 11.0. The predicted octanol–water partition coefficient (Wildman–Crippen LogP) is 6.18. The summed E-state index contributed by atoms with van der Waals surface area (Å²) >= 11 is 0. The maximum absolute atomic E-state index is 12.8. The van der Waals surface area contributed by atoms with E-state index in [1.807, 2.05) is 85.8 Å². The van der Waals surface area contributed by atoms with Gasteiger partial charge in [0, 0.05) is 6.08 Å². The number of unbranched alkanes of at least 4 members (excludes halogenated alkanes) is 1. The van der Waals surface area contributed by atoms with Gasteiger partial charge in [-0.3, -0.25) is 4.79 Å². The van der Waals surface area contributed by atoms with Crippen LogP contribution in [0.1, 0.15) is 49.4 Å². The summed E-state index contributed by atoms with van der Waals surface area (Å²) in [5, 5.41) is 3.12. The van der Waals surface area contributed by atoms with Crippen LogP contribution in [-0.2, 0) is 4.79 Å². The molecule has 0 heterocycles. The Morgan fingerprint density at radius 2 is 1.53 bits per heavy atom. The van der Waals surface area contributed by atoms with Crippen LogP contribution >= 0.6 is 0 Å². The first-order valence-corrected chi connectivity index (χ1v) is 11.2. The second kappa shape index (κ2) is 12.4. The molecule has 0 saturated carbocycles. The van der Waals surface area contributed by atoms with Crippen LogP contribution in [0.25, 0.3) is 6.08 Å². The van der Waals surface area contributed by atoms with Gasteiger partial charge in [-0.15, -0.1) is 0 Å². The maximum atomic E-state index is 12.8. The number of amides is 1. The van der Waals surface area contributed by atoms with Crippen LogP contribution in [0.5, 0.6) is 11.5 Å². The Hall–Kier alpha value is -3.53. The van der Waals surface area contributed by atoms with Crippen LogP contribution in [-0.4, -0.2) is 19.1 Å². The summed E-state index contributed by atoms with van der Waals surface area (Å²) in [6, 6.07) is 25.5. The Morgan fingerprint density at radius 3 is 2.12 bits per heavy atom. The van der Waals surface area contributed by atoms with Gasteiger partial charge in [-0.2, -0.15) is 0 Å². The number of carbonyl (C=O) groups excluding carboxylic acids is 1. The minimum absolute atomic E-state index is 0.163.